The van der Waals surface area contributed by atoms with Crippen molar-refractivity contribution >= 4 is 51.7 Å². The fourth-order valence-electron chi connectivity index (χ4n) is 4.05. The molecule has 0 atom stereocenters. The molecule has 8 heteroatoms. The second-order valence-corrected chi connectivity index (χ2v) is 8.28. The maximum absolute atomic E-state index is 12.4. The third-order valence-corrected chi connectivity index (χ3v) is 6.66. The topological polar surface area (TPSA) is 56.8 Å². The highest BCUT2D eigenvalue weighted by molar-refractivity contribution is 7.11. The second kappa shape index (κ2) is 9.18. The minimum Gasteiger partial charge on any atom is -0.359 e. The zero-order valence-electron chi connectivity index (χ0n) is 16.9. The highest BCUT2D eigenvalue weighted by Crippen LogP contribution is 2.31. The number of imide groups is 1. The first-order valence-electron chi connectivity index (χ1n) is 10.1. The van der Waals surface area contributed by atoms with Gasteiger partial charge in [0.25, 0.3) is 11.8 Å². The molecule has 2 aliphatic rings. The van der Waals surface area contributed by atoms with Crippen molar-refractivity contribution in [3.8, 4) is 0 Å². The molecule has 31 heavy (non-hydrogen) atoms. The summed E-state index contributed by atoms with van der Waals surface area (Å²) in [4.78, 5) is 30.9. The molecule has 0 bridgehead atoms. The van der Waals surface area contributed by atoms with Gasteiger partial charge in [0.15, 0.2) is 0 Å². The molecule has 0 aliphatic carbocycles. The van der Waals surface area contributed by atoms with Gasteiger partial charge in [-0.2, -0.15) is 4.37 Å². The summed E-state index contributed by atoms with van der Waals surface area (Å²) >= 11 is 1.58. The Balaban J connectivity index is 0.00000231. The first-order valence-corrected chi connectivity index (χ1v) is 10.9. The van der Waals surface area contributed by atoms with Crippen LogP contribution in [0.4, 0.5) is 5.00 Å². The number of fused-ring (bicyclic) bond motifs is 2. The summed E-state index contributed by atoms with van der Waals surface area (Å²) in [7, 11) is 0. The molecule has 1 aromatic heterocycles. The SMILES string of the molecule is Cl.O=C1c2ccccc2C(=O)N1C/C=C/CN1CCN(c2snc3ccccc23)CC1. The number of hydrogen-bond donors (Lipinski definition) is 0. The molecule has 0 N–H and O–H groups in total. The predicted molar refractivity (Wildman–Crippen MR) is 126 cm³/mol. The van der Waals surface area contributed by atoms with Crippen LogP contribution >= 0.6 is 23.9 Å². The van der Waals surface area contributed by atoms with Gasteiger partial charge in [0.05, 0.1) is 16.6 Å². The van der Waals surface area contributed by atoms with Crippen molar-refractivity contribution in [1.82, 2.24) is 14.2 Å². The van der Waals surface area contributed by atoms with Crippen molar-refractivity contribution in [3.05, 3.63) is 71.8 Å². The third-order valence-electron chi connectivity index (χ3n) is 5.72. The number of hydrogen-bond acceptors (Lipinski definition) is 6. The Bertz CT molecular complexity index is 1100. The fraction of sp³-hybridized carbons (Fsp3) is 0.261. The minimum absolute atomic E-state index is 0. The van der Waals surface area contributed by atoms with E-state index in [1.807, 2.05) is 12.1 Å². The van der Waals surface area contributed by atoms with Gasteiger partial charge in [-0.05, 0) is 35.8 Å². The van der Waals surface area contributed by atoms with Crippen molar-refractivity contribution in [3.63, 3.8) is 0 Å². The van der Waals surface area contributed by atoms with E-state index < -0.39 is 0 Å². The van der Waals surface area contributed by atoms with Crippen LogP contribution in [-0.4, -0.2) is 65.3 Å². The molecule has 2 amide bonds. The molecule has 0 unspecified atom stereocenters. The largest absolute Gasteiger partial charge is 0.359 e. The Hall–Kier alpha value is -2.74. The first kappa shape index (κ1) is 21.5. The van der Waals surface area contributed by atoms with E-state index in [1.165, 1.54) is 15.3 Å². The van der Waals surface area contributed by atoms with Gasteiger partial charge in [-0.15, -0.1) is 12.4 Å². The lowest BCUT2D eigenvalue weighted by Crippen LogP contribution is -2.46. The summed E-state index contributed by atoms with van der Waals surface area (Å²) in [6.45, 7) is 5.03. The number of rotatable bonds is 5. The van der Waals surface area contributed by atoms with E-state index in [1.54, 1.807) is 35.8 Å². The number of amides is 2. The van der Waals surface area contributed by atoms with Crippen molar-refractivity contribution in [2.75, 3.05) is 44.2 Å². The van der Waals surface area contributed by atoms with Gasteiger partial charge in [0.1, 0.15) is 5.00 Å². The number of benzene rings is 2. The van der Waals surface area contributed by atoms with Crippen LogP contribution < -0.4 is 4.90 Å². The van der Waals surface area contributed by atoms with Gasteiger partial charge in [0.2, 0.25) is 0 Å². The maximum Gasteiger partial charge on any atom is 0.261 e. The highest BCUT2D eigenvalue weighted by Gasteiger charge is 2.34. The van der Waals surface area contributed by atoms with Crippen molar-refractivity contribution < 1.29 is 9.59 Å². The van der Waals surface area contributed by atoms with E-state index in [9.17, 15) is 9.59 Å². The van der Waals surface area contributed by atoms with E-state index in [2.05, 4.69) is 38.4 Å². The lowest BCUT2D eigenvalue weighted by Gasteiger charge is -2.34. The fourth-order valence-corrected chi connectivity index (χ4v) is 4.96. The molecular formula is C23H23ClN4O2S. The molecule has 1 saturated heterocycles. The summed E-state index contributed by atoms with van der Waals surface area (Å²) in [5, 5.41) is 2.49. The summed E-state index contributed by atoms with van der Waals surface area (Å²) < 4.78 is 4.55. The minimum atomic E-state index is -0.203. The number of aromatic nitrogens is 1. The molecule has 0 spiro atoms. The number of piperazine rings is 1. The summed E-state index contributed by atoms with van der Waals surface area (Å²) in [6.07, 6.45) is 3.98. The van der Waals surface area contributed by atoms with Crippen LogP contribution in [0.3, 0.4) is 0 Å². The number of nitrogens with zero attached hydrogens (tertiary/aromatic N) is 4. The van der Waals surface area contributed by atoms with Crippen LogP contribution in [-0.2, 0) is 0 Å². The average molecular weight is 455 g/mol. The van der Waals surface area contributed by atoms with E-state index in [4.69, 9.17) is 0 Å². The zero-order chi connectivity index (χ0) is 20.5. The molecule has 3 heterocycles. The van der Waals surface area contributed by atoms with Crippen LogP contribution in [0, 0.1) is 0 Å². The molecule has 2 aliphatic heterocycles. The Morgan fingerprint density at radius 2 is 1.45 bits per heavy atom. The second-order valence-electron chi connectivity index (χ2n) is 7.53. The van der Waals surface area contributed by atoms with Gasteiger partial charge in [-0.25, -0.2) is 0 Å². The van der Waals surface area contributed by atoms with Crippen molar-refractivity contribution in [1.29, 1.82) is 0 Å². The lowest BCUT2D eigenvalue weighted by molar-refractivity contribution is 0.0672. The smallest absolute Gasteiger partial charge is 0.261 e. The zero-order valence-corrected chi connectivity index (χ0v) is 18.6. The van der Waals surface area contributed by atoms with Gasteiger partial charge >= 0.3 is 0 Å². The Labute approximate surface area is 191 Å². The van der Waals surface area contributed by atoms with E-state index in [0.29, 0.717) is 17.7 Å². The van der Waals surface area contributed by atoms with E-state index >= 15 is 0 Å². The van der Waals surface area contributed by atoms with Gasteiger partial charge in [0, 0.05) is 44.7 Å². The monoisotopic (exact) mass is 454 g/mol. The van der Waals surface area contributed by atoms with Crippen LogP contribution in [0.15, 0.2) is 60.7 Å². The van der Waals surface area contributed by atoms with Crippen molar-refractivity contribution in [2.45, 2.75) is 0 Å². The summed E-state index contributed by atoms with van der Waals surface area (Å²) in [5.74, 6) is -0.406. The molecule has 0 radical (unpaired) electrons. The Morgan fingerprint density at radius 3 is 2.16 bits per heavy atom. The Kier molecular flexibility index (Phi) is 6.36. The molecular weight excluding hydrogens is 432 g/mol. The molecule has 6 nitrogen and oxygen atoms in total. The van der Waals surface area contributed by atoms with Gasteiger partial charge in [-0.3, -0.25) is 19.4 Å². The summed E-state index contributed by atoms with van der Waals surface area (Å²) in [6, 6.07) is 15.3. The number of carbonyl (C=O) groups is 2. The molecule has 160 valence electrons. The number of halogens is 1. The van der Waals surface area contributed by atoms with Gasteiger partial charge < -0.3 is 4.90 Å². The number of carbonyl (C=O) groups excluding carboxylic acids is 2. The van der Waals surface area contributed by atoms with Crippen LogP contribution in [0.25, 0.3) is 10.9 Å². The molecule has 1 fully saturated rings. The van der Waals surface area contributed by atoms with Gasteiger partial charge in [-0.1, -0.05) is 36.4 Å². The maximum atomic E-state index is 12.4. The standard InChI is InChI=1S/C23H22N4O2S.ClH/c28-21-17-7-1-2-8-18(17)22(29)27(21)12-6-5-11-25-13-15-26(16-14-25)23-19-9-3-4-10-20(19)24-30-23;/h1-10H,11-16H2;1H/b6-5+;. The molecule has 2 aromatic carbocycles. The average Bonchev–Trinajstić information content (AvgIpc) is 3.32. The first-order chi connectivity index (χ1) is 14.7. The third kappa shape index (κ3) is 4.08. The normalized spacial score (nSPS) is 16.9. The van der Waals surface area contributed by atoms with Crippen LogP contribution in [0.5, 0.6) is 0 Å². The van der Waals surface area contributed by atoms with E-state index in [-0.39, 0.29) is 24.2 Å². The number of anilines is 1. The quantitative estimate of drug-likeness (QED) is 0.434. The molecule has 3 aromatic rings. The summed E-state index contributed by atoms with van der Waals surface area (Å²) in [5.41, 5.74) is 2.07. The molecule has 5 rings (SSSR count). The highest BCUT2D eigenvalue weighted by atomic mass is 35.5. The van der Waals surface area contributed by atoms with Crippen LogP contribution in [0.1, 0.15) is 20.7 Å². The lowest BCUT2D eigenvalue weighted by atomic mass is 10.1. The Morgan fingerprint density at radius 1 is 0.839 bits per heavy atom. The van der Waals surface area contributed by atoms with Crippen LogP contribution in [0.2, 0.25) is 0 Å². The van der Waals surface area contributed by atoms with Crippen molar-refractivity contribution in [2.24, 2.45) is 0 Å². The van der Waals surface area contributed by atoms with E-state index in [0.717, 1.165) is 38.2 Å². The predicted octanol–water partition coefficient (Wildman–Crippen LogP) is 3.69. The molecule has 0 saturated carbocycles.